The van der Waals surface area contributed by atoms with Crippen molar-refractivity contribution in [1.29, 1.82) is 0 Å². The molecular weight excluding hydrogens is 165 g/mol. The summed E-state index contributed by atoms with van der Waals surface area (Å²) in [5, 5.41) is 12.4. The Labute approximate surface area is 78.2 Å². The van der Waals surface area contributed by atoms with E-state index in [0.29, 0.717) is 6.29 Å². The molecule has 2 N–H and O–H groups in total. The first-order chi connectivity index (χ1) is 6.29. The Morgan fingerprint density at radius 3 is 2.46 bits per heavy atom. The predicted octanol–water partition coefficient (Wildman–Crippen LogP) is -0.575. The van der Waals surface area contributed by atoms with E-state index in [4.69, 9.17) is 0 Å². The molecule has 1 rings (SSSR count). The third kappa shape index (κ3) is 2.40. The van der Waals surface area contributed by atoms with Gasteiger partial charge < -0.3 is 15.1 Å². The minimum absolute atomic E-state index is 0.539. The summed E-state index contributed by atoms with van der Waals surface area (Å²) in [7, 11) is 1.64. The van der Waals surface area contributed by atoms with Crippen molar-refractivity contribution < 1.29 is 9.90 Å². The first kappa shape index (κ1) is 9.96. The molecule has 0 aliphatic heterocycles. The molecular formula is C9H12BNO2. The molecule has 4 heteroatoms. The van der Waals surface area contributed by atoms with Gasteiger partial charge in [-0.3, -0.25) is 0 Å². The molecule has 0 amide bonds. The van der Waals surface area contributed by atoms with Crippen molar-refractivity contribution in [3.05, 3.63) is 35.9 Å². The summed E-state index contributed by atoms with van der Waals surface area (Å²) in [6.45, 7) is 0. The largest absolute Gasteiger partial charge is 0.386 e. The van der Waals surface area contributed by atoms with Gasteiger partial charge in [-0.15, -0.1) is 0 Å². The fourth-order valence-electron chi connectivity index (χ4n) is 1.16. The summed E-state index contributed by atoms with van der Waals surface area (Å²) in [4.78, 5) is 10.5. The second kappa shape index (κ2) is 4.79. The van der Waals surface area contributed by atoms with Crippen LogP contribution in [0.3, 0.4) is 0 Å². The van der Waals surface area contributed by atoms with Crippen molar-refractivity contribution in [2.24, 2.45) is 0 Å². The zero-order chi connectivity index (χ0) is 9.68. The number of nitrogens with one attached hydrogen (secondary N) is 1. The van der Waals surface area contributed by atoms with Crippen molar-refractivity contribution in [2.75, 3.05) is 0 Å². The maximum Gasteiger partial charge on any atom is 0.182 e. The van der Waals surface area contributed by atoms with Crippen molar-refractivity contribution >= 4 is 14.3 Å². The molecule has 0 saturated heterocycles. The van der Waals surface area contributed by atoms with Gasteiger partial charge in [0, 0.05) is 0 Å². The molecule has 3 nitrogen and oxygen atoms in total. The van der Waals surface area contributed by atoms with Crippen LogP contribution in [0.25, 0.3) is 0 Å². The highest BCUT2D eigenvalue weighted by Gasteiger charge is 2.17. The molecule has 0 unspecified atom stereocenters. The van der Waals surface area contributed by atoms with Crippen LogP contribution in [0.15, 0.2) is 30.3 Å². The molecule has 1 aromatic carbocycles. The maximum atomic E-state index is 10.5. The number of aldehydes is 1. The van der Waals surface area contributed by atoms with Gasteiger partial charge in [0.25, 0.3) is 0 Å². The molecule has 0 fully saturated rings. The quantitative estimate of drug-likeness (QED) is 0.478. The Hall–Kier alpha value is -1.13. The number of benzene rings is 1. The third-order valence-corrected chi connectivity index (χ3v) is 1.96. The standard InChI is InChI=1S/C9H12BNO2/c10-11-8(6-12)9(13)7-4-2-1-3-5-7/h1-6,8-9,11,13H,10H2/t8-,9+/m1/s1. The molecule has 13 heavy (non-hydrogen) atoms. The third-order valence-electron chi connectivity index (χ3n) is 1.96. The van der Waals surface area contributed by atoms with Crippen LogP contribution in [0, 0.1) is 0 Å². The fourth-order valence-corrected chi connectivity index (χ4v) is 1.16. The van der Waals surface area contributed by atoms with Crippen molar-refractivity contribution in [3.8, 4) is 0 Å². The highest BCUT2D eigenvalue weighted by atomic mass is 16.3. The van der Waals surface area contributed by atoms with Crippen LogP contribution in [0.2, 0.25) is 0 Å². The van der Waals surface area contributed by atoms with Crippen LogP contribution in [-0.4, -0.2) is 25.4 Å². The van der Waals surface area contributed by atoms with Crippen molar-refractivity contribution in [2.45, 2.75) is 12.1 Å². The van der Waals surface area contributed by atoms with Crippen LogP contribution >= 0.6 is 0 Å². The lowest BCUT2D eigenvalue weighted by Crippen LogP contribution is -2.34. The van der Waals surface area contributed by atoms with Crippen LogP contribution in [0.1, 0.15) is 11.7 Å². The van der Waals surface area contributed by atoms with E-state index in [9.17, 15) is 9.90 Å². The molecule has 68 valence electrons. The lowest BCUT2D eigenvalue weighted by molar-refractivity contribution is -0.111. The maximum absolute atomic E-state index is 10.5. The van der Waals surface area contributed by atoms with Gasteiger partial charge >= 0.3 is 0 Å². The first-order valence-corrected chi connectivity index (χ1v) is 4.15. The fraction of sp³-hybridized carbons (Fsp3) is 0.222. The van der Waals surface area contributed by atoms with Gasteiger partial charge in [0.2, 0.25) is 0 Å². The number of hydrogen-bond acceptors (Lipinski definition) is 3. The van der Waals surface area contributed by atoms with E-state index in [2.05, 4.69) is 5.23 Å². The Kier molecular flexibility index (Phi) is 3.67. The zero-order valence-corrected chi connectivity index (χ0v) is 7.47. The summed E-state index contributed by atoms with van der Waals surface area (Å²) in [6, 6.07) is 8.57. The number of aliphatic hydroxyl groups is 1. The number of carbonyl (C=O) groups is 1. The normalized spacial score (nSPS) is 14.8. The lowest BCUT2D eigenvalue weighted by Gasteiger charge is -2.17. The van der Waals surface area contributed by atoms with Gasteiger partial charge in [-0.2, -0.15) is 0 Å². The van der Waals surface area contributed by atoms with E-state index in [-0.39, 0.29) is 0 Å². The topological polar surface area (TPSA) is 49.3 Å². The number of carbonyl (C=O) groups excluding carboxylic acids is 1. The van der Waals surface area contributed by atoms with Gasteiger partial charge in [0.1, 0.15) is 12.4 Å². The van der Waals surface area contributed by atoms with Gasteiger partial charge in [-0.1, -0.05) is 30.3 Å². The summed E-state index contributed by atoms with van der Waals surface area (Å²) in [5.74, 6) is 0. The van der Waals surface area contributed by atoms with Crippen LogP contribution < -0.4 is 5.23 Å². The smallest absolute Gasteiger partial charge is 0.182 e. The molecule has 0 aliphatic carbocycles. The van der Waals surface area contributed by atoms with Gasteiger partial charge in [0.15, 0.2) is 7.98 Å². The molecule has 0 aromatic heterocycles. The highest BCUT2D eigenvalue weighted by Crippen LogP contribution is 2.14. The second-order valence-corrected chi connectivity index (χ2v) is 2.81. The highest BCUT2D eigenvalue weighted by molar-refractivity contribution is 6.05. The van der Waals surface area contributed by atoms with Gasteiger partial charge in [-0.25, -0.2) is 0 Å². The molecule has 0 spiro atoms. The van der Waals surface area contributed by atoms with E-state index in [0.717, 1.165) is 5.56 Å². The number of aliphatic hydroxyl groups excluding tert-OH is 1. The zero-order valence-electron chi connectivity index (χ0n) is 7.47. The van der Waals surface area contributed by atoms with Crippen molar-refractivity contribution in [3.63, 3.8) is 0 Å². The molecule has 2 atom stereocenters. The van der Waals surface area contributed by atoms with E-state index in [1.807, 2.05) is 18.2 Å². The molecule has 0 bridgehead atoms. The number of rotatable bonds is 4. The summed E-state index contributed by atoms with van der Waals surface area (Å²) in [6.07, 6.45) is -0.0683. The van der Waals surface area contributed by atoms with E-state index in [1.54, 1.807) is 20.1 Å². The summed E-state index contributed by atoms with van der Waals surface area (Å²) >= 11 is 0. The van der Waals surface area contributed by atoms with Gasteiger partial charge in [-0.05, 0) is 5.56 Å². The SMILES string of the molecule is BN[C@H](C=O)[C@@H](O)c1ccccc1. The average molecular weight is 177 g/mol. The number of hydrogen-bond donors (Lipinski definition) is 2. The van der Waals surface area contributed by atoms with Crippen LogP contribution in [0.5, 0.6) is 0 Å². The molecule has 1 aromatic rings. The van der Waals surface area contributed by atoms with Crippen molar-refractivity contribution in [1.82, 2.24) is 5.23 Å². The molecule has 0 heterocycles. The molecule has 0 radical (unpaired) electrons. The monoisotopic (exact) mass is 177 g/mol. The minimum Gasteiger partial charge on any atom is -0.386 e. The van der Waals surface area contributed by atoms with Crippen LogP contribution in [-0.2, 0) is 4.79 Å². The minimum atomic E-state index is -0.774. The van der Waals surface area contributed by atoms with E-state index in [1.165, 1.54) is 0 Å². The predicted molar refractivity (Wildman–Crippen MR) is 52.9 cm³/mol. The Balaban J connectivity index is 2.77. The Morgan fingerprint density at radius 2 is 2.00 bits per heavy atom. The summed E-state index contributed by atoms with van der Waals surface area (Å²) in [5.41, 5.74) is 0.744. The Bertz CT molecular complexity index is 266. The first-order valence-electron chi connectivity index (χ1n) is 4.15. The lowest BCUT2D eigenvalue weighted by atomic mass is 10.0. The van der Waals surface area contributed by atoms with Crippen LogP contribution in [0.4, 0.5) is 0 Å². The Morgan fingerprint density at radius 1 is 1.38 bits per heavy atom. The van der Waals surface area contributed by atoms with E-state index >= 15 is 0 Å². The van der Waals surface area contributed by atoms with Gasteiger partial charge in [0.05, 0.1) is 6.04 Å². The molecule has 0 aliphatic rings. The average Bonchev–Trinajstić information content (AvgIpc) is 2.21. The van der Waals surface area contributed by atoms with E-state index < -0.39 is 12.1 Å². The molecule has 0 saturated carbocycles. The second-order valence-electron chi connectivity index (χ2n) is 2.81. The summed E-state index contributed by atoms with van der Waals surface area (Å²) < 4.78 is 0.